The molecule has 0 unspecified atom stereocenters. The average Bonchev–Trinajstić information content (AvgIpc) is 3.13. The van der Waals surface area contributed by atoms with Gasteiger partial charge in [-0.05, 0) is 42.2 Å². The van der Waals surface area contributed by atoms with E-state index in [-0.39, 0.29) is 11.8 Å². The maximum atomic E-state index is 13.4. The fraction of sp³-hybridized carbons (Fsp3) is 0.214. The zero-order valence-electron chi connectivity index (χ0n) is 18.2. The SMILES string of the molecule is O=C(Nc1ccccc1C(=O)N1CCCCCC1)/C(=C/c1ccccc1)c1ccccc1. The quantitative estimate of drug-likeness (QED) is 0.411. The van der Waals surface area contributed by atoms with Crippen LogP contribution in [-0.2, 0) is 4.79 Å². The van der Waals surface area contributed by atoms with Crippen molar-refractivity contribution >= 4 is 29.2 Å². The van der Waals surface area contributed by atoms with Crippen LogP contribution in [0.15, 0.2) is 84.9 Å². The lowest BCUT2D eigenvalue weighted by Crippen LogP contribution is -2.32. The first-order chi connectivity index (χ1) is 15.7. The molecule has 1 aliphatic rings. The third-order valence-electron chi connectivity index (χ3n) is 5.74. The summed E-state index contributed by atoms with van der Waals surface area (Å²) in [5.41, 5.74) is 3.39. The molecule has 1 fully saturated rings. The van der Waals surface area contributed by atoms with Gasteiger partial charge in [-0.25, -0.2) is 0 Å². The molecule has 0 atom stereocenters. The molecule has 2 amide bonds. The van der Waals surface area contributed by atoms with Crippen molar-refractivity contribution in [2.45, 2.75) is 25.7 Å². The van der Waals surface area contributed by atoms with Crippen LogP contribution in [0.25, 0.3) is 11.6 Å². The highest BCUT2D eigenvalue weighted by Gasteiger charge is 2.21. The summed E-state index contributed by atoms with van der Waals surface area (Å²) >= 11 is 0. The Morgan fingerprint density at radius 2 is 1.31 bits per heavy atom. The topological polar surface area (TPSA) is 49.4 Å². The first kappa shape index (κ1) is 21.6. The smallest absolute Gasteiger partial charge is 0.256 e. The molecule has 162 valence electrons. The molecule has 0 bridgehead atoms. The van der Waals surface area contributed by atoms with Crippen LogP contribution >= 0.6 is 0 Å². The zero-order valence-corrected chi connectivity index (χ0v) is 18.2. The number of carbonyl (C=O) groups is 2. The molecular weight excluding hydrogens is 396 g/mol. The van der Waals surface area contributed by atoms with Crippen LogP contribution < -0.4 is 5.32 Å². The Morgan fingerprint density at radius 3 is 2.00 bits per heavy atom. The number of carbonyl (C=O) groups excluding carboxylic acids is 2. The van der Waals surface area contributed by atoms with Gasteiger partial charge in [0.1, 0.15) is 0 Å². The molecule has 4 nitrogen and oxygen atoms in total. The van der Waals surface area contributed by atoms with Crippen LogP contribution in [-0.4, -0.2) is 29.8 Å². The van der Waals surface area contributed by atoms with Crippen LogP contribution in [0.4, 0.5) is 5.69 Å². The molecule has 4 heteroatoms. The maximum Gasteiger partial charge on any atom is 0.256 e. The van der Waals surface area contributed by atoms with E-state index in [2.05, 4.69) is 5.32 Å². The molecular formula is C28H28N2O2. The molecule has 0 spiro atoms. The second-order valence-electron chi connectivity index (χ2n) is 8.04. The molecule has 0 aliphatic carbocycles. The largest absolute Gasteiger partial charge is 0.339 e. The second kappa shape index (κ2) is 10.6. The van der Waals surface area contributed by atoms with Gasteiger partial charge in [0.2, 0.25) is 0 Å². The summed E-state index contributed by atoms with van der Waals surface area (Å²) in [6.07, 6.45) is 6.25. The Bertz CT molecular complexity index is 1080. The number of amides is 2. The fourth-order valence-electron chi connectivity index (χ4n) is 4.03. The van der Waals surface area contributed by atoms with E-state index in [0.717, 1.165) is 49.9 Å². The number of hydrogen-bond acceptors (Lipinski definition) is 2. The molecule has 3 aromatic carbocycles. The molecule has 32 heavy (non-hydrogen) atoms. The van der Waals surface area contributed by atoms with E-state index in [9.17, 15) is 9.59 Å². The maximum absolute atomic E-state index is 13.4. The molecule has 0 radical (unpaired) electrons. The van der Waals surface area contributed by atoms with Gasteiger partial charge in [-0.3, -0.25) is 9.59 Å². The number of hydrogen-bond donors (Lipinski definition) is 1. The number of rotatable bonds is 5. The molecule has 3 aromatic rings. The predicted octanol–water partition coefficient (Wildman–Crippen LogP) is 5.88. The molecule has 1 aliphatic heterocycles. The Balaban J connectivity index is 1.63. The monoisotopic (exact) mass is 424 g/mol. The normalized spacial score (nSPS) is 14.5. The minimum absolute atomic E-state index is 0.0175. The standard InChI is InChI=1S/C28H28N2O2/c31-27(25(23-15-7-4-8-16-23)21-22-13-5-3-6-14-22)29-26-18-10-9-17-24(26)28(32)30-19-11-1-2-12-20-30/h3-10,13-18,21H,1-2,11-12,19-20H2,(H,29,31)/b25-21+. The highest BCUT2D eigenvalue weighted by atomic mass is 16.2. The number of nitrogens with zero attached hydrogens (tertiary/aromatic N) is 1. The summed E-state index contributed by atoms with van der Waals surface area (Å²) in [4.78, 5) is 28.6. The van der Waals surface area contributed by atoms with Crippen molar-refractivity contribution in [3.63, 3.8) is 0 Å². The lowest BCUT2D eigenvalue weighted by Gasteiger charge is -2.22. The van der Waals surface area contributed by atoms with Gasteiger partial charge in [0.05, 0.1) is 11.3 Å². The number of likely N-dealkylation sites (tertiary alicyclic amines) is 1. The van der Waals surface area contributed by atoms with Gasteiger partial charge < -0.3 is 10.2 Å². The van der Waals surface area contributed by atoms with Crippen LogP contribution in [0.5, 0.6) is 0 Å². The molecule has 1 heterocycles. The van der Waals surface area contributed by atoms with Crippen LogP contribution in [0.1, 0.15) is 47.2 Å². The van der Waals surface area contributed by atoms with E-state index >= 15 is 0 Å². The summed E-state index contributed by atoms with van der Waals surface area (Å²) < 4.78 is 0. The highest BCUT2D eigenvalue weighted by molar-refractivity contribution is 6.29. The van der Waals surface area contributed by atoms with E-state index < -0.39 is 0 Å². The summed E-state index contributed by atoms with van der Waals surface area (Å²) in [5, 5.41) is 3.01. The third-order valence-corrected chi connectivity index (χ3v) is 5.74. The van der Waals surface area contributed by atoms with Crippen molar-refractivity contribution in [2.24, 2.45) is 0 Å². The van der Waals surface area contributed by atoms with Gasteiger partial charge >= 0.3 is 0 Å². The number of para-hydroxylation sites is 1. The first-order valence-electron chi connectivity index (χ1n) is 11.2. The third kappa shape index (κ3) is 5.33. The molecule has 1 saturated heterocycles. The van der Waals surface area contributed by atoms with Gasteiger partial charge in [-0.2, -0.15) is 0 Å². The van der Waals surface area contributed by atoms with E-state index in [0.29, 0.717) is 16.8 Å². The summed E-state index contributed by atoms with van der Waals surface area (Å²) in [6, 6.07) is 26.7. The van der Waals surface area contributed by atoms with E-state index in [1.165, 1.54) is 0 Å². The van der Waals surface area contributed by atoms with Gasteiger partial charge in [0.25, 0.3) is 11.8 Å². The summed E-state index contributed by atoms with van der Waals surface area (Å²) in [5.74, 6) is -0.257. The Morgan fingerprint density at radius 1 is 0.719 bits per heavy atom. The van der Waals surface area contributed by atoms with Crippen molar-refractivity contribution < 1.29 is 9.59 Å². The zero-order chi connectivity index (χ0) is 22.2. The lowest BCUT2D eigenvalue weighted by molar-refractivity contribution is -0.111. The molecule has 1 N–H and O–H groups in total. The summed E-state index contributed by atoms with van der Waals surface area (Å²) in [7, 11) is 0. The van der Waals surface area contributed by atoms with Crippen molar-refractivity contribution in [2.75, 3.05) is 18.4 Å². The van der Waals surface area contributed by atoms with E-state index in [4.69, 9.17) is 0 Å². The van der Waals surface area contributed by atoms with E-state index in [1.54, 1.807) is 12.1 Å². The Labute approximate surface area is 189 Å². The summed E-state index contributed by atoms with van der Waals surface area (Å²) in [6.45, 7) is 1.54. The van der Waals surface area contributed by atoms with Gasteiger partial charge in [0, 0.05) is 18.7 Å². The number of anilines is 1. The molecule has 0 aromatic heterocycles. The van der Waals surface area contributed by atoms with Gasteiger partial charge in [0.15, 0.2) is 0 Å². The van der Waals surface area contributed by atoms with Crippen molar-refractivity contribution in [3.8, 4) is 0 Å². The van der Waals surface area contributed by atoms with Crippen molar-refractivity contribution in [1.82, 2.24) is 4.90 Å². The predicted molar refractivity (Wildman–Crippen MR) is 130 cm³/mol. The van der Waals surface area contributed by atoms with Crippen LogP contribution in [0.3, 0.4) is 0 Å². The van der Waals surface area contributed by atoms with Gasteiger partial charge in [-0.15, -0.1) is 0 Å². The molecule has 0 saturated carbocycles. The first-order valence-corrected chi connectivity index (χ1v) is 11.2. The van der Waals surface area contributed by atoms with Crippen LogP contribution in [0.2, 0.25) is 0 Å². The number of nitrogens with one attached hydrogen (secondary N) is 1. The fourth-order valence-corrected chi connectivity index (χ4v) is 4.03. The minimum atomic E-state index is -0.240. The second-order valence-corrected chi connectivity index (χ2v) is 8.04. The van der Waals surface area contributed by atoms with Crippen molar-refractivity contribution in [1.29, 1.82) is 0 Å². The van der Waals surface area contributed by atoms with Crippen LogP contribution in [0, 0.1) is 0 Å². The lowest BCUT2D eigenvalue weighted by atomic mass is 10.0. The molecule has 4 rings (SSSR count). The Hall–Kier alpha value is -3.66. The highest BCUT2D eigenvalue weighted by Crippen LogP contribution is 2.24. The van der Waals surface area contributed by atoms with Crippen molar-refractivity contribution in [3.05, 3.63) is 102 Å². The number of benzene rings is 3. The van der Waals surface area contributed by atoms with E-state index in [1.807, 2.05) is 83.8 Å². The Kier molecular flexibility index (Phi) is 7.13. The average molecular weight is 425 g/mol. The van der Waals surface area contributed by atoms with Gasteiger partial charge in [-0.1, -0.05) is 85.6 Å². The minimum Gasteiger partial charge on any atom is -0.339 e.